The van der Waals surface area contributed by atoms with E-state index in [1.54, 1.807) is 6.07 Å². The van der Waals surface area contributed by atoms with E-state index in [0.29, 0.717) is 0 Å². The number of hydrogen-bond donors (Lipinski definition) is 1. The Bertz CT molecular complexity index is 663. The van der Waals surface area contributed by atoms with Gasteiger partial charge >= 0.3 is 0 Å². The molecule has 2 rings (SSSR count). The molecule has 0 fully saturated rings. The van der Waals surface area contributed by atoms with Crippen molar-refractivity contribution in [2.24, 2.45) is 0 Å². The zero-order chi connectivity index (χ0) is 14.9. The van der Waals surface area contributed by atoms with Gasteiger partial charge < -0.3 is 5.32 Å². The Morgan fingerprint density at radius 3 is 2.35 bits per heavy atom. The molecule has 2 aromatic carbocycles. The van der Waals surface area contributed by atoms with Gasteiger partial charge in [-0.15, -0.1) is 0 Å². The summed E-state index contributed by atoms with van der Waals surface area (Å²) in [7, 11) is 0. The highest BCUT2D eigenvalue weighted by molar-refractivity contribution is 9.10. The number of aryl methyl sites for hydroxylation is 2. The van der Waals surface area contributed by atoms with Gasteiger partial charge in [0.15, 0.2) is 0 Å². The first kappa shape index (κ1) is 15.2. The molecule has 0 aliphatic heterocycles. The Kier molecular flexibility index (Phi) is 4.60. The molecule has 0 heterocycles. The lowest BCUT2D eigenvalue weighted by atomic mass is 10.1. The maximum Gasteiger partial charge on any atom is 0.256 e. The number of carbonyl (C=O) groups excluding carboxylic acids is 1. The molecule has 0 saturated carbocycles. The number of rotatable bonds is 2. The van der Waals surface area contributed by atoms with E-state index in [9.17, 15) is 9.18 Å². The predicted octanol–water partition coefficient (Wildman–Crippen LogP) is 5.22. The molecule has 2 nitrogen and oxygen atoms in total. The van der Waals surface area contributed by atoms with Gasteiger partial charge in [-0.1, -0.05) is 22.0 Å². The lowest BCUT2D eigenvalue weighted by Gasteiger charge is -2.13. The van der Waals surface area contributed by atoms with Crippen molar-refractivity contribution in [1.29, 1.82) is 0 Å². The average molecular weight is 401 g/mol. The molecule has 0 atom stereocenters. The quantitative estimate of drug-likeness (QED) is 0.735. The van der Waals surface area contributed by atoms with Crippen LogP contribution in [0.1, 0.15) is 21.5 Å². The van der Waals surface area contributed by atoms with E-state index in [0.717, 1.165) is 21.3 Å². The Balaban J connectivity index is 2.36. The van der Waals surface area contributed by atoms with Crippen molar-refractivity contribution in [2.45, 2.75) is 13.8 Å². The Morgan fingerprint density at radius 2 is 1.75 bits per heavy atom. The number of anilines is 1. The minimum Gasteiger partial charge on any atom is -0.321 e. The second-order valence-corrected chi connectivity index (χ2v) is 6.18. The zero-order valence-corrected chi connectivity index (χ0v) is 14.1. The monoisotopic (exact) mass is 399 g/mol. The van der Waals surface area contributed by atoms with Crippen LogP contribution in [0, 0.1) is 19.7 Å². The highest BCUT2D eigenvalue weighted by atomic mass is 79.9. The number of carbonyl (C=O) groups is 1. The van der Waals surface area contributed by atoms with Crippen LogP contribution in [-0.2, 0) is 0 Å². The maximum absolute atomic E-state index is 13.5. The van der Waals surface area contributed by atoms with E-state index in [1.165, 1.54) is 12.1 Å². The molecule has 5 heteroatoms. The van der Waals surface area contributed by atoms with Crippen LogP contribution in [0.2, 0.25) is 0 Å². The summed E-state index contributed by atoms with van der Waals surface area (Å²) in [6.07, 6.45) is 0. The number of halogens is 3. The molecule has 20 heavy (non-hydrogen) atoms. The highest BCUT2D eigenvalue weighted by Gasteiger charge is 2.15. The summed E-state index contributed by atoms with van der Waals surface area (Å²) in [6.45, 7) is 3.82. The molecular formula is C15H12Br2FNO. The minimum atomic E-state index is -0.457. The maximum atomic E-state index is 13.5. The third kappa shape index (κ3) is 3.10. The van der Waals surface area contributed by atoms with Crippen molar-refractivity contribution in [1.82, 2.24) is 0 Å². The first-order valence-electron chi connectivity index (χ1n) is 5.92. The van der Waals surface area contributed by atoms with Crippen LogP contribution >= 0.6 is 31.9 Å². The van der Waals surface area contributed by atoms with Gasteiger partial charge in [0.05, 0.1) is 10.0 Å². The lowest BCUT2D eigenvalue weighted by Crippen LogP contribution is -2.15. The van der Waals surface area contributed by atoms with E-state index in [2.05, 4.69) is 37.2 Å². The standard InChI is InChI=1S/C15H12Br2FNO/c1-8-6-10(16)7-9(2)14(8)19-15(20)11-4-3-5-12(18)13(11)17/h3-7H,1-2H3,(H,19,20). The molecule has 1 N–H and O–H groups in total. The van der Waals surface area contributed by atoms with Gasteiger partial charge in [-0.05, 0) is 65.2 Å². The molecule has 0 saturated heterocycles. The summed E-state index contributed by atoms with van der Waals surface area (Å²) in [4.78, 5) is 12.3. The molecule has 0 aliphatic carbocycles. The SMILES string of the molecule is Cc1cc(Br)cc(C)c1NC(=O)c1cccc(F)c1Br. The summed E-state index contributed by atoms with van der Waals surface area (Å²) < 4.78 is 14.6. The molecule has 0 spiro atoms. The van der Waals surface area contributed by atoms with E-state index in [1.807, 2.05) is 26.0 Å². The Hall–Kier alpha value is -1.20. The molecule has 1 amide bonds. The smallest absolute Gasteiger partial charge is 0.256 e. The van der Waals surface area contributed by atoms with Gasteiger partial charge in [-0.3, -0.25) is 4.79 Å². The Labute approximate surface area is 133 Å². The molecule has 2 aromatic rings. The molecule has 0 aromatic heterocycles. The van der Waals surface area contributed by atoms with Gasteiger partial charge in [0.1, 0.15) is 5.82 Å². The second kappa shape index (κ2) is 6.06. The van der Waals surface area contributed by atoms with Crippen LogP contribution in [0.5, 0.6) is 0 Å². The first-order chi connectivity index (χ1) is 9.40. The van der Waals surface area contributed by atoms with Gasteiger partial charge in [-0.2, -0.15) is 0 Å². The van der Waals surface area contributed by atoms with Crippen LogP contribution in [0.15, 0.2) is 39.3 Å². The van der Waals surface area contributed by atoms with Crippen LogP contribution in [-0.4, -0.2) is 5.91 Å². The second-order valence-electron chi connectivity index (χ2n) is 4.47. The third-order valence-corrected chi connectivity index (χ3v) is 4.20. The number of hydrogen-bond acceptors (Lipinski definition) is 1. The number of amides is 1. The highest BCUT2D eigenvalue weighted by Crippen LogP contribution is 2.27. The number of nitrogens with one attached hydrogen (secondary N) is 1. The Morgan fingerprint density at radius 1 is 1.15 bits per heavy atom. The zero-order valence-electron chi connectivity index (χ0n) is 10.9. The topological polar surface area (TPSA) is 29.1 Å². The fourth-order valence-electron chi connectivity index (χ4n) is 1.97. The largest absolute Gasteiger partial charge is 0.321 e. The van der Waals surface area contributed by atoms with E-state index in [4.69, 9.17) is 0 Å². The van der Waals surface area contributed by atoms with Crippen molar-refractivity contribution in [3.8, 4) is 0 Å². The fourth-order valence-corrected chi connectivity index (χ4v) is 3.10. The molecule has 0 bridgehead atoms. The third-order valence-electron chi connectivity index (χ3n) is 2.93. The van der Waals surface area contributed by atoms with Gasteiger partial charge in [0, 0.05) is 10.2 Å². The number of benzene rings is 2. The summed E-state index contributed by atoms with van der Waals surface area (Å²) >= 11 is 6.51. The van der Waals surface area contributed by atoms with Crippen LogP contribution in [0.4, 0.5) is 10.1 Å². The van der Waals surface area contributed by atoms with Gasteiger partial charge in [-0.25, -0.2) is 4.39 Å². The summed E-state index contributed by atoms with van der Waals surface area (Å²) in [6, 6.07) is 8.23. The molecule has 0 unspecified atom stereocenters. The van der Waals surface area contributed by atoms with E-state index < -0.39 is 5.82 Å². The summed E-state index contributed by atoms with van der Waals surface area (Å²) in [5, 5.41) is 2.83. The van der Waals surface area contributed by atoms with E-state index in [-0.39, 0.29) is 15.9 Å². The molecular weight excluding hydrogens is 389 g/mol. The lowest BCUT2D eigenvalue weighted by molar-refractivity contribution is 0.102. The molecule has 0 radical (unpaired) electrons. The minimum absolute atomic E-state index is 0.171. The van der Waals surface area contributed by atoms with Crippen molar-refractivity contribution in [3.05, 3.63) is 61.8 Å². The predicted molar refractivity (Wildman–Crippen MR) is 85.7 cm³/mol. The summed E-state index contributed by atoms with van der Waals surface area (Å²) in [5.74, 6) is -0.799. The molecule has 104 valence electrons. The molecule has 0 aliphatic rings. The van der Waals surface area contributed by atoms with Crippen molar-refractivity contribution >= 4 is 43.5 Å². The normalized spacial score (nSPS) is 10.4. The first-order valence-corrected chi connectivity index (χ1v) is 7.51. The van der Waals surface area contributed by atoms with Crippen LogP contribution < -0.4 is 5.32 Å². The van der Waals surface area contributed by atoms with Crippen molar-refractivity contribution < 1.29 is 9.18 Å². The van der Waals surface area contributed by atoms with Crippen molar-refractivity contribution in [2.75, 3.05) is 5.32 Å². The fraction of sp³-hybridized carbons (Fsp3) is 0.133. The average Bonchev–Trinajstić information content (AvgIpc) is 2.36. The van der Waals surface area contributed by atoms with E-state index >= 15 is 0 Å². The van der Waals surface area contributed by atoms with Crippen LogP contribution in [0.25, 0.3) is 0 Å². The summed E-state index contributed by atoms with van der Waals surface area (Å²) in [5.41, 5.74) is 2.90. The van der Waals surface area contributed by atoms with Gasteiger partial charge in [0.25, 0.3) is 5.91 Å². The van der Waals surface area contributed by atoms with Crippen molar-refractivity contribution in [3.63, 3.8) is 0 Å². The van der Waals surface area contributed by atoms with Gasteiger partial charge in [0.2, 0.25) is 0 Å². The van der Waals surface area contributed by atoms with Crippen LogP contribution in [0.3, 0.4) is 0 Å².